The van der Waals surface area contributed by atoms with Gasteiger partial charge in [-0.1, -0.05) is 28.9 Å². The summed E-state index contributed by atoms with van der Waals surface area (Å²) in [5.74, 6) is 0. The van der Waals surface area contributed by atoms with Gasteiger partial charge in [0.05, 0.1) is 22.6 Å². The predicted octanol–water partition coefficient (Wildman–Crippen LogP) is 1.81. The van der Waals surface area contributed by atoms with Crippen LogP contribution in [0.1, 0.15) is 12.1 Å². The number of nitrogens with two attached hydrogens (primary N) is 1. The first kappa shape index (κ1) is 11.1. The summed E-state index contributed by atoms with van der Waals surface area (Å²) in [7, 11) is 0. The SMILES string of the molecule is NCCCc1cn(-c2ccccc2Cl)nn1. The summed E-state index contributed by atoms with van der Waals surface area (Å²) in [6.45, 7) is 0.666. The first-order valence-corrected chi connectivity index (χ1v) is 5.55. The van der Waals surface area contributed by atoms with Crippen molar-refractivity contribution in [2.24, 2.45) is 5.73 Å². The maximum atomic E-state index is 6.06. The molecular formula is C11H13ClN4. The maximum Gasteiger partial charge on any atom is 0.0849 e. The van der Waals surface area contributed by atoms with Crippen molar-refractivity contribution in [3.05, 3.63) is 41.2 Å². The molecule has 1 heterocycles. The number of benzene rings is 1. The Balaban J connectivity index is 2.22. The molecule has 0 saturated carbocycles. The van der Waals surface area contributed by atoms with Crippen molar-refractivity contribution in [2.45, 2.75) is 12.8 Å². The van der Waals surface area contributed by atoms with E-state index in [1.807, 2.05) is 30.5 Å². The molecule has 16 heavy (non-hydrogen) atoms. The predicted molar refractivity (Wildman–Crippen MR) is 63.7 cm³/mol. The summed E-state index contributed by atoms with van der Waals surface area (Å²) in [4.78, 5) is 0. The van der Waals surface area contributed by atoms with Crippen molar-refractivity contribution in [1.29, 1.82) is 0 Å². The molecule has 5 heteroatoms. The molecule has 0 amide bonds. The third-order valence-electron chi connectivity index (χ3n) is 2.28. The molecule has 0 radical (unpaired) electrons. The minimum atomic E-state index is 0.665. The Kier molecular flexibility index (Phi) is 3.54. The zero-order valence-electron chi connectivity index (χ0n) is 8.81. The maximum absolute atomic E-state index is 6.06. The minimum absolute atomic E-state index is 0.665. The van der Waals surface area contributed by atoms with E-state index >= 15 is 0 Å². The lowest BCUT2D eigenvalue weighted by molar-refractivity contribution is 0.779. The van der Waals surface area contributed by atoms with Crippen molar-refractivity contribution in [3.63, 3.8) is 0 Å². The molecule has 0 saturated heterocycles. The number of rotatable bonds is 4. The van der Waals surface area contributed by atoms with Gasteiger partial charge < -0.3 is 5.73 Å². The van der Waals surface area contributed by atoms with Crippen LogP contribution in [0.15, 0.2) is 30.5 Å². The summed E-state index contributed by atoms with van der Waals surface area (Å²) >= 11 is 6.06. The van der Waals surface area contributed by atoms with Crippen LogP contribution in [0.25, 0.3) is 5.69 Å². The van der Waals surface area contributed by atoms with Gasteiger partial charge in [0, 0.05) is 0 Å². The molecule has 84 valence electrons. The molecular weight excluding hydrogens is 224 g/mol. The molecule has 1 aromatic carbocycles. The van der Waals surface area contributed by atoms with E-state index in [9.17, 15) is 0 Å². The summed E-state index contributed by atoms with van der Waals surface area (Å²) in [6, 6.07) is 7.54. The quantitative estimate of drug-likeness (QED) is 0.881. The lowest BCUT2D eigenvalue weighted by Gasteiger charge is -2.01. The van der Waals surface area contributed by atoms with Crippen LogP contribution < -0.4 is 5.73 Å². The Morgan fingerprint density at radius 2 is 2.12 bits per heavy atom. The minimum Gasteiger partial charge on any atom is -0.330 e. The molecule has 0 unspecified atom stereocenters. The van der Waals surface area contributed by atoms with Crippen molar-refractivity contribution in [3.8, 4) is 5.69 Å². The Morgan fingerprint density at radius 3 is 2.88 bits per heavy atom. The van der Waals surface area contributed by atoms with E-state index < -0.39 is 0 Å². The van der Waals surface area contributed by atoms with Gasteiger partial charge >= 0.3 is 0 Å². The summed E-state index contributed by atoms with van der Waals surface area (Å²) < 4.78 is 1.69. The molecule has 2 rings (SSSR count). The molecule has 0 bridgehead atoms. The van der Waals surface area contributed by atoms with Crippen LogP contribution in [-0.4, -0.2) is 21.5 Å². The van der Waals surface area contributed by atoms with Gasteiger partial charge in [0.1, 0.15) is 0 Å². The van der Waals surface area contributed by atoms with E-state index in [4.69, 9.17) is 17.3 Å². The van der Waals surface area contributed by atoms with Crippen LogP contribution in [0, 0.1) is 0 Å². The molecule has 2 aromatic rings. The number of para-hydroxylation sites is 1. The smallest absolute Gasteiger partial charge is 0.0849 e. The second-order valence-corrected chi connectivity index (χ2v) is 3.91. The highest BCUT2D eigenvalue weighted by Gasteiger charge is 2.05. The molecule has 0 aliphatic heterocycles. The highest BCUT2D eigenvalue weighted by molar-refractivity contribution is 6.32. The molecule has 0 fully saturated rings. The van der Waals surface area contributed by atoms with E-state index in [1.165, 1.54) is 0 Å². The highest BCUT2D eigenvalue weighted by atomic mass is 35.5. The van der Waals surface area contributed by atoms with E-state index in [2.05, 4.69) is 10.3 Å². The topological polar surface area (TPSA) is 56.7 Å². The van der Waals surface area contributed by atoms with Crippen LogP contribution in [0.4, 0.5) is 0 Å². The monoisotopic (exact) mass is 236 g/mol. The number of aryl methyl sites for hydroxylation is 1. The van der Waals surface area contributed by atoms with Crippen LogP contribution >= 0.6 is 11.6 Å². The van der Waals surface area contributed by atoms with Crippen molar-refractivity contribution >= 4 is 11.6 Å². The Labute approximate surface area is 99.0 Å². The first-order chi connectivity index (χ1) is 7.81. The van der Waals surface area contributed by atoms with Crippen molar-refractivity contribution < 1.29 is 0 Å². The van der Waals surface area contributed by atoms with Crippen molar-refractivity contribution in [2.75, 3.05) is 6.54 Å². The van der Waals surface area contributed by atoms with Crippen LogP contribution in [0.5, 0.6) is 0 Å². The molecule has 2 N–H and O–H groups in total. The standard InChI is InChI=1S/C11H13ClN4/c12-10-5-1-2-6-11(10)16-8-9(14-15-16)4-3-7-13/h1-2,5-6,8H,3-4,7,13H2. The zero-order valence-corrected chi connectivity index (χ0v) is 9.56. The highest BCUT2D eigenvalue weighted by Crippen LogP contribution is 2.18. The molecule has 4 nitrogen and oxygen atoms in total. The van der Waals surface area contributed by atoms with Crippen LogP contribution in [0.3, 0.4) is 0 Å². The fourth-order valence-electron chi connectivity index (χ4n) is 1.45. The number of aromatic nitrogens is 3. The number of halogens is 1. The third kappa shape index (κ3) is 2.40. The average molecular weight is 237 g/mol. The van der Waals surface area contributed by atoms with E-state index in [1.54, 1.807) is 4.68 Å². The summed E-state index contributed by atoms with van der Waals surface area (Å²) in [5, 5.41) is 8.78. The van der Waals surface area contributed by atoms with Gasteiger partial charge in [0.25, 0.3) is 0 Å². The first-order valence-electron chi connectivity index (χ1n) is 5.17. The van der Waals surface area contributed by atoms with Gasteiger partial charge in [-0.05, 0) is 31.5 Å². The van der Waals surface area contributed by atoms with Gasteiger partial charge in [0.2, 0.25) is 0 Å². The number of hydrogen-bond donors (Lipinski definition) is 1. The fourth-order valence-corrected chi connectivity index (χ4v) is 1.67. The number of hydrogen-bond acceptors (Lipinski definition) is 3. The zero-order chi connectivity index (χ0) is 11.4. The molecule has 0 aliphatic rings. The second kappa shape index (κ2) is 5.09. The Hall–Kier alpha value is -1.39. The average Bonchev–Trinajstić information content (AvgIpc) is 2.75. The van der Waals surface area contributed by atoms with Gasteiger partial charge in [-0.25, -0.2) is 4.68 Å². The molecule has 0 aliphatic carbocycles. The fraction of sp³-hybridized carbons (Fsp3) is 0.273. The lowest BCUT2D eigenvalue weighted by atomic mass is 10.2. The largest absolute Gasteiger partial charge is 0.330 e. The number of nitrogens with zero attached hydrogens (tertiary/aromatic N) is 3. The van der Waals surface area contributed by atoms with Crippen LogP contribution in [-0.2, 0) is 6.42 Å². The molecule has 0 atom stereocenters. The van der Waals surface area contributed by atoms with Gasteiger partial charge in [-0.15, -0.1) is 5.10 Å². The summed E-state index contributed by atoms with van der Waals surface area (Å²) in [6.07, 6.45) is 3.65. The Bertz CT molecular complexity index is 467. The molecule has 0 spiro atoms. The van der Waals surface area contributed by atoms with Gasteiger partial charge in [0.15, 0.2) is 0 Å². The van der Waals surface area contributed by atoms with Gasteiger partial charge in [-0.3, -0.25) is 0 Å². The van der Waals surface area contributed by atoms with E-state index in [0.29, 0.717) is 11.6 Å². The molecule has 1 aromatic heterocycles. The van der Waals surface area contributed by atoms with Crippen molar-refractivity contribution in [1.82, 2.24) is 15.0 Å². The van der Waals surface area contributed by atoms with Gasteiger partial charge in [-0.2, -0.15) is 0 Å². The van der Waals surface area contributed by atoms with Crippen LogP contribution in [0.2, 0.25) is 5.02 Å². The Morgan fingerprint density at radius 1 is 1.31 bits per heavy atom. The van der Waals surface area contributed by atoms with E-state index in [0.717, 1.165) is 24.2 Å². The lowest BCUT2D eigenvalue weighted by Crippen LogP contribution is -2.00. The summed E-state index contributed by atoms with van der Waals surface area (Å²) in [5.41, 5.74) is 7.22. The normalized spacial score (nSPS) is 10.6. The third-order valence-corrected chi connectivity index (χ3v) is 2.60. The van der Waals surface area contributed by atoms with E-state index in [-0.39, 0.29) is 0 Å². The second-order valence-electron chi connectivity index (χ2n) is 3.50.